The number of thioether (sulfide) groups is 1. The Morgan fingerprint density at radius 3 is 2.65 bits per heavy atom. The van der Waals surface area contributed by atoms with Gasteiger partial charge in [-0.2, -0.15) is 4.68 Å². The fourth-order valence-electron chi connectivity index (χ4n) is 2.37. The Labute approximate surface area is 141 Å². The van der Waals surface area contributed by atoms with E-state index in [1.54, 1.807) is 4.68 Å². The molecule has 1 unspecified atom stereocenters. The van der Waals surface area contributed by atoms with Gasteiger partial charge >= 0.3 is 0 Å². The summed E-state index contributed by atoms with van der Waals surface area (Å²) in [6.07, 6.45) is 0. The lowest BCUT2D eigenvalue weighted by Gasteiger charge is -2.22. The molecule has 0 bridgehead atoms. The highest BCUT2D eigenvalue weighted by molar-refractivity contribution is 8.00. The molecule has 0 N–H and O–H groups in total. The van der Waals surface area contributed by atoms with Crippen LogP contribution in [0.3, 0.4) is 0 Å². The number of carbonyl (C=O) groups excluding carboxylic acids is 1. The highest BCUT2D eigenvalue weighted by Gasteiger charge is 2.23. The largest absolute Gasteiger partial charge is 0.342 e. The standard InChI is InChI=1S/C16H23N5OS/c1-6-20(7-2)15(22)13(5)23-16-17-18-19-21(16)14-10-8-9-11(3)12(14)4/h8-10,13H,6-7H2,1-5H3. The van der Waals surface area contributed by atoms with Crippen molar-refractivity contribution in [3.05, 3.63) is 29.3 Å². The van der Waals surface area contributed by atoms with Gasteiger partial charge in [-0.15, -0.1) is 5.10 Å². The van der Waals surface area contributed by atoms with Crippen molar-refractivity contribution in [3.63, 3.8) is 0 Å². The van der Waals surface area contributed by atoms with Crippen LogP contribution in [0.2, 0.25) is 0 Å². The molecule has 0 spiro atoms. The topological polar surface area (TPSA) is 63.9 Å². The van der Waals surface area contributed by atoms with E-state index in [9.17, 15) is 4.79 Å². The third kappa shape index (κ3) is 3.72. The van der Waals surface area contributed by atoms with Crippen molar-refractivity contribution in [1.29, 1.82) is 0 Å². The first kappa shape index (κ1) is 17.5. The Balaban J connectivity index is 2.25. The molecule has 2 rings (SSSR count). The first-order valence-electron chi connectivity index (χ1n) is 7.80. The Hall–Kier alpha value is -1.89. The van der Waals surface area contributed by atoms with E-state index in [2.05, 4.69) is 28.5 Å². The van der Waals surface area contributed by atoms with E-state index in [-0.39, 0.29) is 11.2 Å². The first-order valence-corrected chi connectivity index (χ1v) is 8.67. The zero-order chi connectivity index (χ0) is 17.0. The maximum absolute atomic E-state index is 12.4. The molecular weight excluding hydrogens is 310 g/mol. The molecule has 0 saturated heterocycles. The minimum atomic E-state index is -0.232. The maximum Gasteiger partial charge on any atom is 0.235 e. The van der Waals surface area contributed by atoms with E-state index in [0.29, 0.717) is 18.2 Å². The molecular formula is C16H23N5OS. The molecule has 1 aromatic carbocycles. The SMILES string of the molecule is CCN(CC)C(=O)C(C)Sc1nnnn1-c1cccc(C)c1C. The van der Waals surface area contributed by atoms with Gasteiger partial charge in [0.1, 0.15) is 0 Å². The second-order valence-electron chi connectivity index (χ2n) is 5.36. The minimum absolute atomic E-state index is 0.107. The molecule has 7 heteroatoms. The van der Waals surface area contributed by atoms with Gasteiger partial charge in [-0.3, -0.25) is 4.79 Å². The molecule has 23 heavy (non-hydrogen) atoms. The van der Waals surface area contributed by atoms with Crippen molar-refractivity contribution >= 4 is 17.7 Å². The van der Waals surface area contributed by atoms with Crippen LogP contribution in [0, 0.1) is 13.8 Å². The Kier molecular flexibility index (Phi) is 5.76. The summed E-state index contributed by atoms with van der Waals surface area (Å²) in [5.41, 5.74) is 3.26. The number of amides is 1. The molecule has 124 valence electrons. The molecule has 0 aliphatic heterocycles. The molecule has 0 aliphatic rings. The summed E-state index contributed by atoms with van der Waals surface area (Å²) in [5, 5.41) is 12.4. The minimum Gasteiger partial charge on any atom is -0.342 e. The van der Waals surface area contributed by atoms with E-state index in [1.807, 2.05) is 44.7 Å². The van der Waals surface area contributed by atoms with Crippen LogP contribution in [-0.2, 0) is 4.79 Å². The third-order valence-corrected chi connectivity index (χ3v) is 4.97. The Bertz CT molecular complexity index is 681. The third-order valence-electron chi connectivity index (χ3n) is 3.95. The summed E-state index contributed by atoms with van der Waals surface area (Å²) in [7, 11) is 0. The molecule has 2 aromatic rings. The second kappa shape index (κ2) is 7.59. The van der Waals surface area contributed by atoms with E-state index >= 15 is 0 Å². The van der Waals surface area contributed by atoms with Gasteiger partial charge in [-0.1, -0.05) is 23.9 Å². The van der Waals surface area contributed by atoms with Crippen molar-refractivity contribution < 1.29 is 4.79 Å². The fourth-order valence-corrected chi connectivity index (χ4v) is 3.25. The average molecular weight is 333 g/mol. The first-order chi connectivity index (χ1) is 11.0. The summed E-state index contributed by atoms with van der Waals surface area (Å²) in [6, 6.07) is 6.03. The van der Waals surface area contributed by atoms with Crippen molar-refractivity contribution in [1.82, 2.24) is 25.1 Å². The van der Waals surface area contributed by atoms with Gasteiger partial charge in [-0.05, 0) is 62.2 Å². The Morgan fingerprint density at radius 2 is 2.00 bits per heavy atom. The van der Waals surface area contributed by atoms with Gasteiger partial charge in [0.2, 0.25) is 11.1 Å². The van der Waals surface area contributed by atoms with Crippen LogP contribution in [-0.4, -0.2) is 49.4 Å². The summed E-state index contributed by atoms with van der Waals surface area (Å²) in [4.78, 5) is 14.3. The smallest absolute Gasteiger partial charge is 0.235 e. The summed E-state index contributed by atoms with van der Waals surface area (Å²) >= 11 is 1.39. The van der Waals surface area contributed by atoms with Gasteiger partial charge < -0.3 is 4.90 Å². The quantitative estimate of drug-likeness (QED) is 0.760. The fraction of sp³-hybridized carbons (Fsp3) is 0.500. The lowest BCUT2D eigenvalue weighted by Crippen LogP contribution is -2.36. The molecule has 0 saturated carbocycles. The van der Waals surface area contributed by atoms with Crippen LogP contribution < -0.4 is 0 Å². The number of aryl methyl sites for hydroxylation is 1. The summed E-state index contributed by atoms with van der Waals surface area (Å²) < 4.78 is 1.71. The Morgan fingerprint density at radius 1 is 1.30 bits per heavy atom. The van der Waals surface area contributed by atoms with Gasteiger partial charge in [0, 0.05) is 13.1 Å². The highest BCUT2D eigenvalue weighted by Crippen LogP contribution is 2.26. The lowest BCUT2D eigenvalue weighted by atomic mass is 10.1. The van der Waals surface area contributed by atoms with Crippen molar-refractivity contribution in [2.45, 2.75) is 45.0 Å². The van der Waals surface area contributed by atoms with Gasteiger partial charge in [0.25, 0.3) is 0 Å². The molecule has 6 nitrogen and oxygen atoms in total. The zero-order valence-electron chi connectivity index (χ0n) is 14.3. The number of hydrogen-bond acceptors (Lipinski definition) is 5. The number of benzene rings is 1. The van der Waals surface area contributed by atoms with Crippen LogP contribution in [0.15, 0.2) is 23.4 Å². The van der Waals surface area contributed by atoms with Crippen molar-refractivity contribution in [2.24, 2.45) is 0 Å². The molecule has 1 amide bonds. The number of tetrazole rings is 1. The number of aromatic nitrogens is 4. The normalized spacial score (nSPS) is 12.2. The van der Waals surface area contributed by atoms with Crippen molar-refractivity contribution in [3.8, 4) is 5.69 Å². The van der Waals surface area contributed by atoms with Crippen LogP contribution in [0.1, 0.15) is 31.9 Å². The van der Waals surface area contributed by atoms with E-state index < -0.39 is 0 Å². The average Bonchev–Trinajstić information content (AvgIpc) is 2.99. The highest BCUT2D eigenvalue weighted by atomic mass is 32.2. The number of nitrogens with zero attached hydrogens (tertiary/aromatic N) is 5. The van der Waals surface area contributed by atoms with E-state index in [1.165, 1.54) is 17.3 Å². The van der Waals surface area contributed by atoms with E-state index in [4.69, 9.17) is 0 Å². The molecule has 0 fully saturated rings. The molecule has 1 aromatic heterocycles. The van der Waals surface area contributed by atoms with Crippen LogP contribution in [0.5, 0.6) is 0 Å². The van der Waals surface area contributed by atoms with Crippen molar-refractivity contribution in [2.75, 3.05) is 13.1 Å². The predicted molar refractivity (Wildman–Crippen MR) is 91.9 cm³/mol. The molecule has 1 heterocycles. The molecule has 0 radical (unpaired) electrons. The maximum atomic E-state index is 12.4. The second-order valence-corrected chi connectivity index (χ2v) is 6.67. The monoisotopic (exact) mass is 333 g/mol. The van der Waals surface area contributed by atoms with E-state index in [0.717, 1.165) is 11.3 Å². The van der Waals surface area contributed by atoms with Gasteiger partial charge in [0.05, 0.1) is 10.9 Å². The van der Waals surface area contributed by atoms with Gasteiger partial charge in [-0.25, -0.2) is 0 Å². The molecule has 0 aliphatic carbocycles. The number of hydrogen-bond donors (Lipinski definition) is 0. The lowest BCUT2D eigenvalue weighted by molar-refractivity contribution is -0.129. The zero-order valence-corrected chi connectivity index (χ0v) is 15.1. The van der Waals surface area contributed by atoms with Crippen LogP contribution in [0.4, 0.5) is 0 Å². The summed E-state index contributed by atoms with van der Waals surface area (Å²) in [5.74, 6) is 0.107. The number of carbonyl (C=O) groups is 1. The van der Waals surface area contributed by atoms with Crippen LogP contribution >= 0.6 is 11.8 Å². The summed E-state index contributed by atoms with van der Waals surface area (Å²) in [6.45, 7) is 11.4. The molecule has 1 atom stereocenters. The van der Waals surface area contributed by atoms with Crippen LogP contribution in [0.25, 0.3) is 5.69 Å². The predicted octanol–water partition coefficient (Wildman–Crippen LogP) is 2.63. The van der Waals surface area contributed by atoms with Gasteiger partial charge in [0.15, 0.2) is 0 Å². The number of rotatable bonds is 6.